The maximum absolute atomic E-state index is 10.4. The van der Waals surface area contributed by atoms with Gasteiger partial charge >= 0.3 is 29.6 Å². The SMILES string of the molecule is CN(CCCCOCC(=O)[O-])c1ccc(-c2ccccc2)c(-c2ccccc2)n1.[Na+]. The fourth-order valence-electron chi connectivity index (χ4n) is 3.15. The molecule has 0 unspecified atom stereocenters. The second kappa shape index (κ2) is 12.5. The number of aromatic nitrogens is 1. The van der Waals surface area contributed by atoms with Crippen molar-refractivity contribution in [2.24, 2.45) is 0 Å². The number of nitrogens with zero attached hydrogens (tertiary/aromatic N) is 2. The molecule has 5 nitrogen and oxygen atoms in total. The summed E-state index contributed by atoms with van der Waals surface area (Å²) >= 11 is 0. The predicted octanol–water partition coefficient (Wildman–Crippen LogP) is 0.403. The number of aliphatic carboxylic acids is 1. The van der Waals surface area contributed by atoms with Gasteiger partial charge in [0.2, 0.25) is 0 Å². The molecule has 6 heteroatoms. The van der Waals surface area contributed by atoms with E-state index in [1.165, 1.54) is 0 Å². The number of carboxylic acid groups (broad SMARTS) is 1. The number of hydrogen-bond acceptors (Lipinski definition) is 5. The van der Waals surface area contributed by atoms with E-state index >= 15 is 0 Å². The molecule has 0 radical (unpaired) electrons. The summed E-state index contributed by atoms with van der Waals surface area (Å²) < 4.78 is 5.03. The molecule has 3 rings (SSSR count). The van der Waals surface area contributed by atoms with Crippen LogP contribution in [-0.2, 0) is 9.53 Å². The summed E-state index contributed by atoms with van der Waals surface area (Å²) in [4.78, 5) is 17.4. The maximum atomic E-state index is 10.4. The summed E-state index contributed by atoms with van der Waals surface area (Å²) in [7, 11) is 2.02. The van der Waals surface area contributed by atoms with Crippen LogP contribution < -0.4 is 39.6 Å². The summed E-state index contributed by atoms with van der Waals surface area (Å²) in [5, 5.41) is 10.4. The van der Waals surface area contributed by atoms with Crippen LogP contribution in [0, 0.1) is 0 Å². The number of carboxylic acids is 1. The van der Waals surface area contributed by atoms with Crippen LogP contribution in [0.2, 0.25) is 0 Å². The van der Waals surface area contributed by atoms with Crippen molar-refractivity contribution < 1.29 is 44.2 Å². The molecule has 1 heterocycles. The second-order valence-electron chi connectivity index (χ2n) is 6.85. The van der Waals surface area contributed by atoms with Gasteiger partial charge in [-0.1, -0.05) is 60.7 Å². The average molecular weight is 412 g/mol. The molecule has 0 bridgehead atoms. The van der Waals surface area contributed by atoms with Crippen molar-refractivity contribution >= 4 is 11.8 Å². The molecule has 0 fully saturated rings. The third-order valence-electron chi connectivity index (χ3n) is 4.66. The Balaban J connectivity index is 0.00000320. The van der Waals surface area contributed by atoms with Gasteiger partial charge in [-0.2, -0.15) is 0 Å². The Kier molecular flexibility index (Phi) is 10.0. The Morgan fingerprint density at radius 2 is 1.57 bits per heavy atom. The molecule has 1 aromatic heterocycles. The van der Waals surface area contributed by atoms with Crippen molar-refractivity contribution in [3.05, 3.63) is 72.8 Å². The standard InChI is InChI=1S/C24H26N2O3.Na/c1-26(16-8-9-17-29-18-23(27)28)22-15-14-21(19-10-4-2-5-11-19)24(25-22)20-12-6-3-7-13-20;/h2-7,10-15H,8-9,16-18H2,1H3,(H,27,28);/q;+1/p-1. The molecular formula is C24H25N2NaO3. The number of carbonyl (C=O) groups excluding carboxylic acids is 1. The zero-order chi connectivity index (χ0) is 20.5. The fraction of sp³-hybridized carbons (Fsp3) is 0.250. The molecule has 0 aliphatic rings. The molecule has 0 aliphatic carbocycles. The molecule has 0 aliphatic heterocycles. The van der Waals surface area contributed by atoms with Crippen molar-refractivity contribution in [2.45, 2.75) is 12.8 Å². The van der Waals surface area contributed by atoms with E-state index in [0.717, 1.165) is 47.6 Å². The summed E-state index contributed by atoms with van der Waals surface area (Å²) in [6.07, 6.45) is 1.66. The number of carbonyl (C=O) groups is 1. The Morgan fingerprint density at radius 1 is 0.933 bits per heavy atom. The summed E-state index contributed by atoms with van der Waals surface area (Å²) in [6, 6.07) is 24.6. The van der Waals surface area contributed by atoms with Crippen molar-refractivity contribution in [1.29, 1.82) is 0 Å². The number of benzene rings is 2. The van der Waals surface area contributed by atoms with Crippen LogP contribution in [-0.4, -0.2) is 37.8 Å². The van der Waals surface area contributed by atoms with Crippen LogP contribution in [0.4, 0.5) is 5.82 Å². The van der Waals surface area contributed by atoms with Gasteiger partial charge in [0.15, 0.2) is 0 Å². The Labute approximate surface area is 200 Å². The van der Waals surface area contributed by atoms with Crippen molar-refractivity contribution in [3.8, 4) is 22.4 Å². The molecular weight excluding hydrogens is 387 g/mol. The molecule has 0 N–H and O–H groups in total. The van der Waals surface area contributed by atoms with E-state index < -0.39 is 5.97 Å². The molecule has 0 spiro atoms. The molecule has 3 aromatic rings. The van der Waals surface area contributed by atoms with Gasteiger partial charge in [-0.05, 0) is 30.5 Å². The van der Waals surface area contributed by atoms with Gasteiger partial charge in [0, 0.05) is 31.3 Å². The summed E-state index contributed by atoms with van der Waals surface area (Å²) in [6.45, 7) is 0.872. The first-order valence-corrected chi connectivity index (χ1v) is 9.76. The van der Waals surface area contributed by atoms with Gasteiger partial charge in [-0.3, -0.25) is 0 Å². The van der Waals surface area contributed by atoms with E-state index in [9.17, 15) is 9.90 Å². The number of anilines is 1. The molecule has 2 aromatic carbocycles. The number of rotatable bonds is 10. The van der Waals surface area contributed by atoms with Gasteiger partial charge in [0.25, 0.3) is 0 Å². The Morgan fingerprint density at radius 3 is 2.20 bits per heavy atom. The van der Waals surface area contributed by atoms with E-state index in [1.807, 2.05) is 49.5 Å². The Bertz CT molecular complexity index is 920. The average Bonchev–Trinajstić information content (AvgIpc) is 2.76. The largest absolute Gasteiger partial charge is 1.00 e. The first-order chi connectivity index (χ1) is 14.1. The Hall–Kier alpha value is -2.18. The zero-order valence-electron chi connectivity index (χ0n) is 17.6. The second-order valence-corrected chi connectivity index (χ2v) is 6.85. The monoisotopic (exact) mass is 412 g/mol. The van der Waals surface area contributed by atoms with Crippen molar-refractivity contribution in [2.75, 3.05) is 31.7 Å². The predicted molar refractivity (Wildman–Crippen MR) is 113 cm³/mol. The molecule has 30 heavy (non-hydrogen) atoms. The van der Waals surface area contributed by atoms with Crippen LogP contribution in [0.25, 0.3) is 22.4 Å². The van der Waals surface area contributed by atoms with E-state index in [0.29, 0.717) is 6.61 Å². The van der Waals surface area contributed by atoms with Crippen LogP contribution >= 0.6 is 0 Å². The van der Waals surface area contributed by atoms with Gasteiger partial charge in [-0.25, -0.2) is 4.98 Å². The first kappa shape index (κ1) is 24.1. The van der Waals surface area contributed by atoms with Crippen molar-refractivity contribution in [1.82, 2.24) is 4.98 Å². The van der Waals surface area contributed by atoms with E-state index in [2.05, 4.69) is 35.2 Å². The summed E-state index contributed by atoms with van der Waals surface area (Å²) in [5.74, 6) is -0.280. The molecule has 0 saturated heterocycles. The minimum atomic E-state index is -1.18. The fourth-order valence-corrected chi connectivity index (χ4v) is 3.15. The first-order valence-electron chi connectivity index (χ1n) is 9.76. The van der Waals surface area contributed by atoms with E-state index in [4.69, 9.17) is 9.72 Å². The normalized spacial score (nSPS) is 10.3. The van der Waals surface area contributed by atoms with Crippen LogP contribution in [0.3, 0.4) is 0 Å². The third kappa shape index (κ3) is 6.96. The van der Waals surface area contributed by atoms with Crippen LogP contribution in [0.1, 0.15) is 12.8 Å². The van der Waals surface area contributed by atoms with E-state index in [-0.39, 0.29) is 36.2 Å². The molecule has 150 valence electrons. The van der Waals surface area contributed by atoms with Crippen molar-refractivity contribution in [3.63, 3.8) is 0 Å². The smallest absolute Gasteiger partial charge is 0.548 e. The number of pyridine rings is 1. The van der Waals surface area contributed by atoms with Gasteiger partial charge in [0.05, 0.1) is 18.3 Å². The summed E-state index contributed by atoms with van der Waals surface area (Å²) in [5.41, 5.74) is 4.28. The van der Waals surface area contributed by atoms with Gasteiger partial charge in [-0.15, -0.1) is 0 Å². The minimum Gasteiger partial charge on any atom is -0.548 e. The van der Waals surface area contributed by atoms with Gasteiger partial charge in [0.1, 0.15) is 5.82 Å². The number of hydrogen-bond donors (Lipinski definition) is 0. The third-order valence-corrected chi connectivity index (χ3v) is 4.66. The molecule has 0 amide bonds. The quantitative estimate of drug-likeness (QED) is 0.356. The zero-order valence-corrected chi connectivity index (χ0v) is 19.6. The molecule has 0 atom stereocenters. The van der Waals surface area contributed by atoms with E-state index in [1.54, 1.807) is 0 Å². The maximum Gasteiger partial charge on any atom is 1.00 e. The van der Waals surface area contributed by atoms with Crippen LogP contribution in [0.15, 0.2) is 72.8 Å². The minimum absolute atomic E-state index is 0. The van der Waals surface area contributed by atoms with Gasteiger partial charge < -0.3 is 19.5 Å². The van der Waals surface area contributed by atoms with Crippen LogP contribution in [0.5, 0.6) is 0 Å². The topological polar surface area (TPSA) is 65.5 Å². The number of ether oxygens (including phenoxy) is 1. The molecule has 0 saturated carbocycles. The number of unbranched alkanes of at least 4 members (excludes halogenated alkanes) is 1.